The van der Waals surface area contributed by atoms with Crippen molar-refractivity contribution < 1.29 is 27.5 Å². The number of hydrogen-bond acceptors (Lipinski definition) is 7. The summed E-state index contributed by atoms with van der Waals surface area (Å²) in [6.45, 7) is 8.90. The minimum Gasteiger partial charge on any atom is -0.493 e. The van der Waals surface area contributed by atoms with Crippen LogP contribution in [0.3, 0.4) is 0 Å². The molecule has 3 unspecified atom stereocenters. The largest absolute Gasteiger partial charge is 0.493 e. The second-order valence-electron chi connectivity index (χ2n) is 9.56. The van der Waals surface area contributed by atoms with Gasteiger partial charge < -0.3 is 15.2 Å². The number of ether oxygens (including phenoxy) is 2. The topological polar surface area (TPSA) is 133 Å². The Morgan fingerprint density at radius 3 is 2.59 bits per heavy atom. The molecule has 1 aliphatic rings. The molecular weight excluding hydrogens is 460 g/mol. The summed E-state index contributed by atoms with van der Waals surface area (Å²) in [6.07, 6.45) is 2.08. The smallest absolute Gasteiger partial charge is 0.324 e. The molecule has 0 aromatic heterocycles. The Morgan fingerprint density at radius 1 is 1.32 bits per heavy atom. The number of esters is 1. The van der Waals surface area contributed by atoms with Gasteiger partial charge in [0, 0.05) is 20.0 Å². The van der Waals surface area contributed by atoms with Crippen LogP contribution in [0.15, 0.2) is 23.2 Å². The van der Waals surface area contributed by atoms with Gasteiger partial charge in [-0.3, -0.25) is 14.6 Å². The molecule has 0 saturated carbocycles. The second-order valence-corrected chi connectivity index (χ2v) is 11.5. The first-order valence-corrected chi connectivity index (χ1v) is 13.1. The number of aliphatic imine (C=N–C) groups is 1. The van der Waals surface area contributed by atoms with Gasteiger partial charge in [0.05, 0.1) is 26.1 Å². The van der Waals surface area contributed by atoms with Crippen LogP contribution in [-0.2, 0) is 37.4 Å². The van der Waals surface area contributed by atoms with Crippen molar-refractivity contribution in [3.8, 4) is 5.75 Å². The molecule has 2 rings (SSSR count). The molecule has 3 atom stereocenters. The first-order chi connectivity index (χ1) is 15.8. The predicted octanol–water partition coefficient (Wildman–Crippen LogP) is 1.83. The second kappa shape index (κ2) is 11.4. The monoisotopic (exact) mass is 498 g/mol. The van der Waals surface area contributed by atoms with Crippen LogP contribution < -0.4 is 16.0 Å². The molecule has 1 heterocycles. The molecule has 34 heavy (non-hydrogen) atoms. The summed E-state index contributed by atoms with van der Waals surface area (Å²) in [6, 6.07) is 4.72. The molecule has 0 aliphatic carbocycles. The van der Waals surface area contributed by atoms with Crippen molar-refractivity contribution in [2.45, 2.75) is 59.2 Å². The third kappa shape index (κ3) is 7.31. The number of benzene rings is 1. The molecule has 1 aliphatic heterocycles. The van der Waals surface area contributed by atoms with Crippen molar-refractivity contribution >= 4 is 22.0 Å². The van der Waals surface area contributed by atoms with E-state index in [0.717, 1.165) is 23.8 Å². The third-order valence-corrected chi connectivity index (χ3v) is 7.49. The fourth-order valence-corrected chi connectivity index (χ4v) is 5.02. The van der Waals surface area contributed by atoms with Crippen LogP contribution in [0.25, 0.3) is 0 Å². The van der Waals surface area contributed by atoms with Crippen LogP contribution in [0.5, 0.6) is 5.75 Å². The molecule has 10 nitrogen and oxygen atoms in total. The minimum absolute atomic E-state index is 0.0970. The zero-order valence-corrected chi connectivity index (χ0v) is 21.9. The van der Waals surface area contributed by atoms with Crippen LogP contribution in [0, 0.1) is 11.3 Å². The molecule has 1 aromatic rings. The van der Waals surface area contributed by atoms with Crippen LogP contribution in [0.4, 0.5) is 0 Å². The Morgan fingerprint density at radius 2 is 2.00 bits per heavy atom. The lowest BCUT2D eigenvalue weighted by Gasteiger charge is -2.34. The summed E-state index contributed by atoms with van der Waals surface area (Å²) >= 11 is 0. The predicted molar refractivity (Wildman–Crippen MR) is 131 cm³/mol. The van der Waals surface area contributed by atoms with Crippen LogP contribution in [0.1, 0.15) is 45.2 Å². The van der Waals surface area contributed by atoms with E-state index in [-0.39, 0.29) is 36.4 Å². The van der Waals surface area contributed by atoms with Crippen molar-refractivity contribution in [1.82, 2.24) is 9.79 Å². The van der Waals surface area contributed by atoms with Gasteiger partial charge in [0.15, 0.2) is 0 Å². The molecule has 3 N–H and O–H groups in total. The molecular formula is C23H38N4O6S. The number of hydroxylamine groups is 1. The van der Waals surface area contributed by atoms with Crippen molar-refractivity contribution in [3.63, 3.8) is 0 Å². The molecule has 0 radical (unpaired) electrons. The summed E-state index contributed by atoms with van der Waals surface area (Å²) in [5.74, 6) is 0.543. The Kier molecular flexibility index (Phi) is 9.32. The van der Waals surface area contributed by atoms with Gasteiger partial charge in [-0.15, -0.1) is 0 Å². The van der Waals surface area contributed by atoms with Crippen molar-refractivity contribution in [2.75, 3.05) is 27.0 Å². The van der Waals surface area contributed by atoms with Gasteiger partial charge in [0.1, 0.15) is 11.8 Å². The normalized spacial score (nSPS) is 19.1. The number of nitrogens with two attached hydrogens (primary N) is 1. The number of carbonyl (C=O) groups excluding carboxylic acids is 1. The highest BCUT2D eigenvalue weighted by atomic mass is 32.2. The first kappa shape index (κ1) is 27.9. The quantitative estimate of drug-likeness (QED) is 0.216. The van der Waals surface area contributed by atoms with Crippen molar-refractivity contribution in [2.24, 2.45) is 22.1 Å². The highest BCUT2D eigenvalue weighted by molar-refractivity contribution is 7.88. The fourth-order valence-electron chi connectivity index (χ4n) is 4.03. The summed E-state index contributed by atoms with van der Waals surface area (Å²) < 4.78 is 36.6. The Hall–Kier alpha value is -2.37. The van der Waals surface area contributed by atoms with Crippen molar-refractivity contribution in [1.29, 1.82) is 0 Å². The average Bonchev–Trinajstić information content (AvgIpc) is 2.78. The van der Waals surface area contributed by atoms with Gasteiger partial charge >= 0.3 is 5.97 Å². The highest BCUT2D eigenvalue weighted by Gasteiger charge is 2.37. The lowest BCUT2D eigenvalue weighted by molar-refractivity contribution is -0.145. The van der Waals surface area contributed by atoms with Crippen LogP contribution in [0.2, 0.25) is 0 Å². The van der Waals surface area contributed by atoms with Gasteiger partial charge in [-0.1, -0.05) is 26.8 Å². The SMILES string of the molecule is CN=C(N)NOC(C)C(C)(C)CC(C)COc1ccc2c(c1)CN(S(C)(=O)=O)C(C(=O)OC)C2. The molecule has 1 aromatic carbocycles. The summed E-state index contributed by atoms with van der Waals surface area (Å²) in [5.41, 5.74) is 9.84. The summed E-state index contributed by atoms with van der Waals surface area (Å²) in [4.78, 5) is 21.6. The molecule has 0 bridgehead atoms. The number of rotatable bonds is 10. The average molecular weight is 499 g/mol. The maximum absolute atomic E-state index is 12.3. The lowest BCUT2D eigenvalue weighted by Crippen LogP contribution is -2.48. The van der Waals surface area contributed by atoms with E-state index in [0.29, 0.717) is 12.4 Å². The third-order valence-electron chi connectivity index (χ3n) is 6.25. The molecule has 11 heteroatoms. The van der Waals surface area contributed by atoms with Gasteiger partial charge in [0.25, 0.3) is 0 Å². The van der Waals surface area contributed by atoms with E-state index in [4.69, 9.17) is 20.0 Å². The number of methoxy groups -OCH3 is 1. The van der Waals surface area contributed by atoms with Crippen LogP contribution >= 0.6 is 0 Å². The number of sulfonamides is 1. The van der Waals surface area contributed by atoms with E-state index in [9.17, 15) is 13.2 Å². The number of carbonyl (C=O) groups is 1. The molecule has 0 fully saturated rings. The number of fused-ring (bicyclic) bond motifs is 1. The van der Waals surface area contributed by atoms with E-state index >= 15 is 0 Å². The molecule has 192 valence electrons. The van der Waals surface area contributed by atoms with E-state index in [2.05, 4.69) is 31.2 Å². The zero-order chi connectivity index (χ0) is 25.7. The first-order valence-electron chi connectivity index (χ1n) is 11.2. The van der Waals surface area contributed by atoms with Gasteiger partial charge in [0.2, 0.25) is 16.0 Å². The summed E-state index contributed by atoms with van der Waals surface area (Å²) in [7, 11) is -0.751. The maximum Gasteiger partial charge on any atom is 0.324 e. The number of nitrogens with one attached hydrogen (secondary N) is 1. The minimum atomic E-state index is -3.59. The van der Waals surface area contributed by atoms with Crippen molar-refractivity contribution in [3.05, 3.63) is 29.3 Å². The Bertz CT molecular complexity index is 995. The number of hydrogen-bond donors (Lipinski definition) is 2. The van der Waals surface area contributed by atoms with E-state index in [1.54, 1.807) is 7.05 Å². The van der Waals surface area contributed by atoms with E-state index in [1.807, 2.05) is 25.1 Å². The zero-order valence-electron chi connectivity index (χ0n) is 21.1. The number of nitrogens with zero attached hydrogens (tertiary/aromatic N) is 2. The van der Waals surface area contributed by atoms with E-state index in [1.165, 1.54) is 11.4 Å². The standard InChI is InChI=1S/C23H38N4O6S/c1-15(12-23(3,4)16(2)33-26-22(24)25-5)14-32-19-9-8-17-11-20(21(28)31-6)27(34(7,29)30)13-18(17)10-19/h8-10,15-16,20H,11-14H2,1-7H3,(H3,24,25,26). The van der Waals surface area contributed by atoms with Crippen LogP contribution in [-0.4, -0.2) is 63.8 Å². The molecule has 0 spiro atoms. The van der Waals surface area contributed by atoms with E-state index < -0.39 is 22.0 Å². The van der Waals surface area contributed by atoms with Gasteiger partial charge in [-0.05, 0) is 47.9 Å². The highest BCUT2D eigenvalue weighted by Crippen LogP contribution is 2.32. The van der Waals surface area contributed by atoms with Gasteiger partial charge in [-0.2, -0.15) is 4.31 Å². The number of guanidine groups is 1. The molecule has 0 saturated heterocycles. The van der Waals surface area contributed by atoms with Gasteiger partial charge in [-0.25, -0.2) is 13.9 Å². The maximum atomic E-state index is 12.3. The molecule has 0 amide bonds. The summed E-state index contributed by atoms with van der Waals surface area (Å²) in [5, 5.41) is 0. The Balaban J connectivity index is 2.02. The fraction of sp³-hybridized carbons (Fsp3) is 0.652. The lowest BCUT2D eigenvalue weighted by atomic mass is 9.79. The Labute approximate surface area is 202 Å².